The van der Waals surface area contributed by atoms with Crippen molar-refractivity contribution < 1.29 is 14.8 Å². The van der Waals surface area contributed by atoms with Gasteiger partial charge in [-0.15, -0.1) is 0 Å². The third-order valence-electron chi connectivity index (χ3n) is 2.79. The number of hydrogen-bond acceptors (Lipinski definition) is 4. The standard InChI is InChI=1S/C14H12BrNO4/c1-9-4-13(3-2-10(9)8-17)20-14-6-11(15)5-12(7-14)16(18)19/h2-7,17H,8H2,1H3. The van der Waals surface area contributed by atoms with Gasteiger partial charge in [0, 0.05) is 10.5 Å². The molecular formula is C14H12BrNO4. The second-order valence-corrected chi connectivity index (χ2v) is 5.17. The Labute approximate surface area is 124 Å². The van der Waals surface area contributed by atoms with E-state index in [0.29, 0.717) is 16.0 Å². The maximum Gasteiger partial charge on any atom is 0.274 e. The Morgan fingerprint density at radius 3 is 2.60 bits per heavy atom. The molecule has 104 valence electrons. The molecule has 0 bridgehead atoms. The highest BCUT2D eigenvalue weighted by Gasteiger charge is 2.10. The molecule has 0 saturated heterocycles. The van der Waals surface area contributed by atoms with E-state index in [-0.39, 0.29) is 12.3 Å². The molecule has 0 aliphatic heterocycles. The first kappa shape index (κ1) is 14.5. The molecule has 0 atom stereocenters. The second kappa shape index (κ2) is 6.02. The van der Waals surface area contributed by atoms with Gasteiger partial charge in [0.2, 0.25) is 0 Å². The molecule has 0 saturated carbocycles. The Hall–Kier alpha value is -1.92. The number of rotatable bonds is 4. The summed E-state index contributed by atoms with van der Waals surface area (Å²) in [6.45, 7) is 1.83. The van der Waals surface area contributed by atoms with E-state index in [1.54, 1.807) is 24.3 Å². The Balaban J connectivity index is 2.30. The molecule has 0 aromatic heterocycles. The highest BCUT2D eigenvalue weighted by atomic mass is 79.9. The van der Waals surface area contributed by atoms with Crippen LogP contribution in [-0.4, -0.2) is 10.0 Å². The lowest BCUT2D eigenvalue weighted by molar-refractivity contribution is -0.385. The molecule has 2 aromatic rings. The van der Waals surface area contributed by atoms with Crippen molar-refractivity contribution in [2.75, 3.05) is 0 Å². The Morgan fingerprint density at radius 1 is 1.25 bits per heavy atom. The van der Waals surface area contributed by atoms with Gasteiger partial charge in [-0.25, -0.2) is 0 Å². The molecule has 5 nitrogen and oxygen atoms in total. The van der Waals surface area contributed by atoms with Crippen molar-refractivity contribution >= 4 is 21.6 Å². The average molecular weight is 338 g/mol. The zero-order valence-electron chi connectivity index (χ0n) is 10.7. The van der Waals surface area contributed by atoms with Crippen LogP contribution in [0.15, 0.2) is 40.9 Å². The SMILES string of the molecule is Cc1cc(Oc2cc(Br)cc([N+](=O)[O-])c2)ccc1CO. The Bertz CT molecular complexity index is 658. The van der Waals surface area contributed by atoms with E-state index >= 15 is 0 Å². The lowest BCUT2D eigenvalue weighted by Gasteiger charge is -2.09. The van der Waals surface area contributed by atoms with E-state index in [1.807, 2.05) is 6.92 Å². The van der Waals surface area contributed by atoms with E-state index in [1.165, 1.54) is 12.1 Å². The molecule has 6 heteroatoms. The van der Waals surface area contributed by atoms with Crippen LogP contribution in [0.4, 0.5) is 5.69 Å². The number of nitrogens with zero attached hydrogens (tertiary/aromatic N) is 1. The van der Waals surface area contributed by atoms with Crippen LogP contribution in [-0.2, 0) is 6.61 Å². The smallest absolute Gasteiger partial charge is 0.274 e. The molecule has 0 unspecified atom stereocenters. The normalized spacial score (nSPS) is 10.3. The molecule has 0 heterocycles. The van der Waals surface area contributed by atoms with Gasteiger partial charge in [0.25, 0.3) is 5.69 Å². The molecule has 0 spiro atoms. The molecule has 1 N–H and O–H groups in total. The second-order valence-electron chi connectivity index (χ2n) is 4.25. The first-order valence-corrected chi connectivity index (χ1v) is 6.62. The van der Waals surface area contributed by atoms with Gasteiger partial charge in [0.05, 0.1) is 17.6 Å². The molecule has 0 aliphatic rings. The highest BCUT2D eigenvalue weighted by molar-refractivity contribution is 9.10. The molecule has 0 amide bonds. The van der Waals surface area contributed by atoms with Crippen LogP contribution in [0.3, 0.4) is 0 Å². The number of aliphatic hydroxyl groups excluding tert-OH is 1. The Kier molecular flexibility index (Phi) is 4.36. The topological polar surface area (TPSA) is 72.6 Å². The van der Waals surface area contributed by atoms with Gasteiger partial charge in [-0.1, -0.05) is 22.0 Å². The van der Waals surface area contributed by atoms with Crippen LogP contribution < -0.4 is 4.74 Å². The number of hydrogen-bond donors (Lipinski definition) is 1. The summed E-state index contributed by atoms with van der Waals surface area (Å²) in [5.41, 5.74) is 1.67. The lowest BCUT2D eigenvalue weighted by Crippen LogP contribution is -1.92. The summed E-state index contributed by atoms with van der Waals surface area (Å²) in [6, 6.07) is 9.68. The minimum Gasteiger partial charge on any atom is -0.457 e. The predicted octanol–water partition coefficient (Wildman–Crippen LogP) is 3.95. The molecule has 2 aromatic carbocycles. The molecular weight excluding hydrogens is 326 g/mol. The maximum atomic E-state index is 10.8. The number of nitro benzene ring substituents is 1. The third kappa shape index (κ3) is 3.34. The van der Waals surface area contributed by atoms with E-state index < -0.39 is 4.92 Å². The van der Waals surface area contributed by atoms with E-state index in [9.17, 15) is 10.1 Å². The predicted molar refractivity (Wildman–Crippen MR) is 78.0 cm³/mol. The number of aliphatic hydroxyl groups is 1. The highest BCUT2D eigenvalue weighted by Crippen LogP contribution is 2.30. The summed E-state index contributed by atoms with van der Waals surface area (Å²) in [5.74, 6) is 0.939. The number of ether oxygens (including phenoxy) is 1. The fraction of sp³-hybridized carbons (Fsp3) is 0.143. The van der Waals surface area contributed by atoms with Crippen LogP contribution in [0.5, 0.6) is 11.5 Å². The minimum atomic E-state index is -0.474. The zero-order valence-corrected chi connectivity index (χ0v) is 12.3. The maximum absolute atomic E-state index is 10.8. The van der Waals surface area contributed by atoms with E-state index in [2.05, 4.69) is 15.9 Å². The van der Waals surface area contributed by atoms with Crippen molar-refractivity contribution in [3.63, 3.8) is 0 Å². The van der Waals surface area contributed by atoms with Crippen molar-refractivity contribution in [3.8, 4) is 11.5 Å². The van der Waals surface area contributed by atoms with E-state index in [0.717, 1.165) is 11.1 Å². The van der Waals surface area contributed by atoms with Crippen molar-refractivity contribution in [2.24, 2.45) is 0 Å². The number of non-ortho nitro benzene ring substituents is 1. The molecule has 0 fully saturated rings. The van der Waals surface area contributed by atoms with Crippen molar-refractivity contribution in [1.29, 1.82) is 0 Å². The van der Waals surface area contributed by atoms with Crippen LogP contribution in [0.1, 0.15) is 11.1 Å². The number of nitro groups is 1. The fourth-order valence-corrected chi connectivity index (χ4v) is 2.22. The molecule has 2 rings (SSSR count). The van der Waals surface area contributed by atoms with Gasteiger partial charge in [-0.05, 0) is 36.2 Å². The fourth-order valence-electron chi connectivity index (χ4n) is 1.76. The summed E-state index contributed by atoms with van der Waals surface area (Å²) in [4.78, 5) is 10.3. The van der Waals surface area contributed by atoms with Crippen LogP contribution in [0, 0.1) is 17.0 Å². The summed E-state index contributed by atoms with van der Waals surface area (Å²) in [5, 5.41) is 19.9. The van der Waals surface area contributed by atoms with Gasteiger partial charge in [0.1, 0.15) is 11.5 Å². The van der Waals surface area contributed by atoms with Crippen LogP contribution in [0.25, 0.3) is 0 Å². The van der Waals surface area contributed by atoms with Crippen molar-refractivity contribution in [1.82, 2.24) is 0 Å². The first-order valence-electron chi connectivity index (χ1n) is 5.83. The summed E-state index contributed by atoms with van der Waals surface area (Å²) < 4.78 is 6.19. The Morgan fingerprint density at radius 2 is 2.00 bits per heavy atom. The first-order chi connectivity index (χ1) is 9.49. The number of aryl methyl sites for hydroxylation is 1. The number of halogens is 1. The quantitative estimate of drug-likeness (QED) is 0.677. The van der Waals surface area contributed by atoms with Crippen molar-refractivity contribution in [2.45, 2.75) is 13.5 Å². The largest absolute Gasteiger partial charge is 0.457 e. The zero-order chi connectivity index (χ0) is 14.7. The van der Waals surface area contributed by atoms with Gasteiger partial charge in [-0.3, -0.25) is 10.1 Å². The average Bonchev–Trinajstić information content (AvgIpc) is 2.38. The molecule has 20 heavy (non-hydrogen) atoms. The third-order valence-corrected chi connectivity index (χ3v) is 3.24. The molecule has 0 radical (unpaired) electrons. The number of benzene rings is 2. The molecule has 0 aliphatic carbocycles. The van der Waals surface area contributed by atoms with Crippen LogP contribution >= 0.6 is 15.9 Å². The van der Waals surface area contributed by atoms with Gasteiger partial charge < -0.3 is 9.84 Å². The summed E-state index contributed by atoms with van der Waals surface area (Å²) in [6.07, 6.45) is 0. The van der Waals surface area contributed by atoms with Crippen LogP contribution in [0.2, 0.25) is 0 Å². The van der Waals surface area contributed by atoms with Crippen molar-refractivity contribution in [3.05, 3.63) is 62.1 Å². The monoisotopic (exact) mass is 337 g/mol. The minimum absolute atomic E-state index is 0.0333. The lowest BCUT2D eigenvalue weighted by atomic mass is 10.1. The van der Waals surface area contributed by atoms with Gasteiger partial charge in [0.15, 0.2) is 0 Å². The van der Waals surface area contributed by atoms with E-state index in [4.69, 9.17) is 9.84 Å². The summed E-state index contributed by atoms with van der Waals surface area (Å²) in [7, 11) is 0. The summed E-state index contributed by atoms with van der Waals surface area (Å²) >= 11 is 3.21. The van der Waals surface area contributed by atoms with Gasteiger partial charge in [-0.2, -0.15) is 0 Å². The van der Waals surface area contributed by atoms with Gasteiger partial charge >= 0.3 is 0 Å².